The monoisotopic (exact) mass is 869 g/mol. The van der Waals surface area contributed by atoms with Gasteiger partial charge in [-0.2, -0.15) is 13.5 Å². The van der Waals surface area contributed by atoms with Crippen molar-refractivity contribution < 1.29 is 80.1 Å². The minimum Gasteiger partial charge on any atom is -0.619 e. The van der Waals surface area contributed by atoms with E-state index < -0.39 is 79.9 Å². The van der Waals surface area contributed by atoms with Crippen LogP contribution in [0.25, 0.3) is 0 Å². The summed E-state index contributed by atoms with van der Waals surface area (Å²) in [7, 11) is 0. The molecule has 1 aliphatic carbocycles. The molecular formula is C39H39Cl2F2NO15. The number of nitrogens with zero attached hydrogens (tertiary/aromatic N) is 1. The Kier molecular flexibility index (Phi) is 15.1. The van der Waals surface area contributed by atoms with Crippen molar-refractivity contribution in [2.24, 2.45) is 5.92 Å². The lowest BCUT2D eigenvalue weighted by Crippen LogP contribution is -2.63. The number of aromatic nitrogens is 1. The quantitative estimate of drug-likeness (QED) is 0.0701. The molecule has 6 unspecified atom stereocenters. The molecule has 1 aromatic heterocycles. The first-order valence-corrected chi connectivity index (χ1v) is 18.8. The molecule has 2 heterocycles. The van der Waals surface area contributed by atoms with Crippen LogP contribution in [-0.2, 0) is 54.0 Å². The maximum absolute atomic E-state index is 13.7. The van der Waals surface area contributed by atoms with Gasteiger partial charge in [0.2, 0.25) is 12.4 Å². The number of hydrogen-bond donors (Lipinski definition) is 0. The molecule has 59 heavy (non-hydrogen) atoms. The van der Waals surface area contributed by atoms with Gasteiger partial charge in [-0.3, -0.25) is 19.2 Å². The zero-order valence-electron chi connectivity index (χ0n) is 31.9. The van der Waals surface area contributed by atoms with E-state index in [-0.39, 0.29) is 57.4 Å². The van der Waals surface area contributed by atoms with Crippen molar-refractivity contribution >= 4 is 53.0 Å². The van der Waals surface area contributed by atoms with Crippen molar-refractivity contribution in [3.05, 3.63) is 86.8 Å². The van der Waals surface area contributed by atoms with Crippen molar-refractivity contribution in [1.82, 2.24) is 0 Å². The Morgan fingerprint density at radius 3 is 2.00 bits per heavy atom. The third-order valence-electron chi connectivity index (χ3n) is 8.71. The Morgan fingerprint density at radius 1 is 0.814 bits per heavy atom. The third-order valence-corrected chi connectivity index (χ3v) is 9.37. The fourth-order valence-electron chi connectivity index (χ4n) is 5.95. The molecule has 2 aromatic carbocycles. The van der Waals surface area contributed by atoms with Crippen LogP contribution in [0.5, 0.6) is 17.2 Å². The van der Waals surface area contributed by atoms with E-state index in [1.54, 1.807) is 0 Å². The lowest BCUT2D eigenvalue weighted by Gasteiger charge is -2.43. The van der Waals surface area contributed by atoms with Crippen LogP contribution in [0.15, 0.2) is 54.9 Å². The van der Waals surface area contributed by atoms with Crippen molar-refractivity contribution in [3.8, 4) is 17.2 Å². The maximum Gasteiger partial charge on any atom is 0.387 e. The highest BCUT2D eigenvalue weighted by atomic mass is 35.5. The van der Waals surface area contributed by atoms with E-state index in [2.05, 4.69) is 4.74 Å². The smallest absolute Gasteiger partial charge is 0.387 e. The van der Waals surface area contributed by atoms with Gasteiger partial charge < -0.3 is 47.8 Å². The average molecular weight is 871 g/mol. The number of pyridine rings is 1. The van der Waals surface area contributed by atoms with E-state index in [1.165, 1.54) is 42.5 Å². The number of esters is 5. The highest BCUT2D eigenvalue weighted by Crippen LogP contribution is 2.38. The molecule has 0 bridgehead atoms. The largest absolute Gasteiger partial charge is 0.619 e. The Balaban J connectivity index is 1.42. The van der Waals surface area contributed by atoms with Gasteiger partial charge in [0.25, 0.3) is 0 Å². The van der Waals surface area contributed by atoms with Crippen LogP contribution in [0.1, 0.15) is 68.1 Å². The molecule has 0 radical (unpaired) electrons. The molecule has 6 atom stereocenters. The minimum absolute atomic E-state index is 0.00517. The van der Waals surface area contributed by atoms with E-state index in [4.69, 9.17) is 61.1 Å². The van der Waals surface area contributed by atoms with Crippen LogP contribution in [0, 0.1) is 11.1 Å². The number of rotatable bonds is 17. The van der Waals surface area contributed by atoms with E-state index in [9.17, 15) is 38.0 Å². The summed E-state index contributed by atoms with van der Waals surface area (Å²) in [5.74, 6) is -3.99. The summed E-state index contributed by atoms with van der Waals surface area (Å²) in [6.45, 7) is 1.01. The summed E-state index contributed by atoms with van der Waals surface area (Å²) in [4.78, 5) is 61.8. The predicted octanol–water partition coefficient (Wildman–Crippen LogP) is 5.62. The van der Waals surface area contributed by atoms with Crippen LogP contribution < -0.4 is 18.9 Å². The van der Waals surface area contributed by atoms with Crippen molar-refractivity contribution in [2.45, 2.75) is 90.4 Å². The fourth-order valence-corrected chi connectivity index (χ4v) is 6.54. The molecule has 0 amide bonds. The first-order chi connectivity index (χ1) is 28.0. The number of carbonyl (C=O) groups is 5. The fraction of sp³-hybridized carbons (Fsp3) is 0.436. The number of halogens is 4. The summed E-state index contributed by atoms with van der Waals surface area (Å²) in [5, 5.41) is 11.9. The zero-order chi connectivity index (χ0) is 43.0. The molecule has 2 fully saturated rings. The molecule has 1 saturated heterocycles. The summed E-state index contributed by atoms with van der Waals surface area (Å²) in [6.07, 6.45) is -4.57. The lowest BCUT2D eigenvalue weighted by molar-refractivity contribution is -0.605. The third kappa shape index (κ3) is 12.8. The predicted molar refractivity (Wildman–Crippen MR) is 198 cm³/mol. The van der Waals surface area contributed by atoms with Gasteiger partial charge in [0, 0.05) is 39.7 Å². The van der Waals surface area contributed by atoms with Crippen molar-refractivity contribution in [2.75, 3.05) is 13.2 Å². The van der Waals surface area contributed by atoms with E-state index in [0.717, 1.165) is 52.9 Å². The molecule has 318 valence electrons. The van der Waals surface area contributed by atoms with Gasteiger partial charge >= 0.3 is 36.5 Å². The van der Waals surface area contributed by atoms with Crippen LogP contribution in [0.3, 0.4) is 0 Å². The summed E-state index contributed by atoms with van der Waals surface area (Å²) < 4.78 is 76.7. The number of alkyl halides is 2. The van der Waals surface area contributed by atoms with Gasteiger partial charge in [0.05, 0.1) is 12.2 Å². The van der Waals surface area contributed by atoms with E-state index in [0.29, 0.717) is 10.3 Å². The first kappa shape index (κ1) is 44.6. The molecule has 0 spiro atoms. The molecule has 2 aliphatic rings. The topological polar surface area (TPSA) is 195 Å². The maximum atomic E-state index is 13.7. The molecular weight excluding hydrogens is 831 g/mol. The standard InChI is InChI=1S/C39H39Cl2F2NO15/c1-19(45)51-18-33-34(53-20(2)46)35(54-21(3)47)36(55-22(4)48)38(58-33)56-26-10-7-24(8-11-26)37(49)57-31(14-27-28(40)15-44(50)16-29(27)41)25-9-12-30(59-39(42)43)32(13-25)52-17-23-5-6-23/h7-13,15-16,23,31,33-36,38-39H,5-6,14,17-18H2,1-4H3. The highest BCUT2D eigenvalue weighted by molar-refractivity contribution is 6.35. The Morgan fingerprint density at radius 2 is 1.42 bits per heavy atom. The molecule has 1 aliphatic heterocycles. The number of carbonyl (C=O) groups excluding carboxylic acids is 5. The van der Waals surface area contributed by atoms with Crippen molar-refractivity contribution in [3.63, 3.8) is 0 Å². The highest BCUT2D eigenvalue weighted by Gasteiger charge is 2.53. The van der Waals surface area contributed by atoms with Crippen LogP contribution in [0.4, 0.5) is 8.78 Å². The van der Waals surface area contributed by atoms with Gasteiger partial charge in [-0.1, -0.05) is 29.3 Å². The Bertz CT molecular complexity index is 1990. The summed E-state index contributed by atoms with van der Waals surface area (Å²) in [6, 6.07) is 9.41. The Labute approximate surface area is 346 Å². The van der Waals surface area contributed by atoms with Crippen LogP contribution in [0.2, 0.25) is 10.0 Å². The molecule has 3 aromatic rings. The molecule has 1 saturated carbocycles. The average Bonchev–Trinajstić information content (AvgIpc) is 3.98. The number of hydrogen-bond acceptors (Lipinski definition) is 15. The van der Waals surface area contributed by atoms with Gasteiger partial charge in [-0.25, -0.2) is 4.79 Å². The molecule has 5 rings (SSSR count). The number of ether oxygens (including phenoxy) is 9. The second-order valence-corrected chi connectivity index (χ2v) is 14.3. The lowest BCUT2D eigenvalue weighted by atomic mass is 9.98. The first-order valence-electron chi connectivity index (χ1n) is 18.0. The molecule has 0 N–H and O–H groups in total. The zero-order valence-corrected chi connectivity index (χ0v) is 33.4. The van der Waals surface area contributed by atoms with Crippen LogP contribution in [-0.4, -0.2) is 80.4 Å². The van der Waals surface area contributed by atoms with E-state index >= 15 is 0 Å². The van der Waals surface area contributed by atoms with Crippen molar-refractivity contribution in [1.29, 1.82) is 0 Å². The second-order valence-electron chi connectivity index (χ2n) is 13.4. The van der Waals surface area contributed by atoms with Gasteiger partial charge in [0.1, 0.15) is 34.6 Å². The second kappa shape index (κ2) is 20.0. The Hall–Kier alpha value is -5.46. The van der Waals surface area contributed by atoms with Gasteiger partial charge in [0.15, 0.2) is 36.1 Å². The minimum atomic E-state index is -3.14. The van der Waals surface area contributed by atoms with E-state index in [1.807, 2.05) is 0 Å². The number of benzene rings is 2. The SMILES string of the molecule is CC(=O)OCC1OC(Oc2ccc(C(=O)OC(Cc3c(Cl)c[n+]([O-])cc3Cl)c3ccc(OC(F)F)c(OCC4CC4)c3)cc2)C(OC(C)=O)C(OC(C)=O)C1OC(C)=O. The normalized spacial score (nSPS) is 20.5. The van der Waals surface area contributed by atoms with Crippen LogP contribution >= 0.6 is 23.2 Å². The molecule has 16 nitrogen and oxygen atoms in total. The summed E-state index contributed by atoms with van der Waals surface area (Å²) >= 11 is 12.7. The summed E-state index contributed by atoms with van der Waals surface area (Å²) in [5.41, 5.74) is 0.537. The molecule has 20 heteroatoms. The van der Waals surface area contributed by atoms with Gasteiger partial charge in [-0.05, 0) is 60.7 Å². The van der Waals surface area contributed by atoms with Gasteiger partial charge in [-0.15, -0.1) is 0 Å².